The summed E-state index contributed by atoms with van der Waals surface area (Å²) in [5, 5.41) is 2.53. The van der Waals surface area contributed by atoms with Crippen LogP contribution in [-0.4, -0.2) is 13.5 Å². The van der Waals surface area contributed by atoms with Gasteiger partial charge in [-0.25, -0.2) is 4.99 Å². The van der Waals surface area contributed by atoms with E-state index in [4.69, 9.17) is 0 Å². The Morgan fingerprint density at radius 3 is 2.71 bits per heavy atom. The number of hydrogen-bond acceptors (Lipinski definition) is 2. The molecule has 0 heterocycles. The maximum Gasteiger partial charge on any atom is 0.177 e. The summed E-state index contributed by atoms with van der Waals surface area (Å²) in [6.45, 7) is 3.51. The minimum absolute atomic E-state index is 0.193. The Bertz CT molecular complexity index is 87.7. The van der Waals surface area contributed by atoms with Crippen molar-refractivity contribution in [3.05, 3.63) is 12.4 Å². The first-order chi connectivity index (χ1) is 3.31. The third kappa shape index (κ3) is 2.96. The Hall–Kier alpha value is -0.860. The molecule has 0 aromatic rings. The van der Waals surface area contributed by atoms with Gasteiger partial charge in [0.25, 0.3) is 0 Å². The van der Waals surface area contributed by atoms with E-state index in [1.54, 1.807) is 7.05 Å². The Kier molecular flexibility index (Phi) is 2.92. The maximum atomic E-state index is 11.0. The smallest absolute Gasteiger partial charge is 0.177 e. The SMILES string of the molecule is C=C(/N=C/F)NC. The third-order valence-corrected chi connectivity index (χ3v) is 0.493. The van der Waals surface area contributed by atoms with Crippen molar-refractivity contribution in [2.75, 3.05) is 7.05 Å². The van der Waals surface area contributed by atoms with E-state index < -0.39 is 0 Å². The van der Waals surface area contributed by atoms with Gasteiger partial charge in [-0.1, -0.05) is 6.58 Å². The van der Waals surface area contributed by atoms with E-state index >= 15 is 0 Å². The van der Waals surface area contributed by atoms with Crippen molar-refractivity contribution in [3.8, 4) is 0 Å². The second kappa shape index (κ2) is 3.33. The summed E-state index contributed by atoms with van der Waals surface area (Å²) in [5.74, 6) is 0.322. The lowest BCUT2D eigenvalue weighted by molar-refractivity contribution is 0.828. The largest absolute Gasteiger partial charge is 0.374 e. The zero-order chi connectivity index (χ0) is 5.70. The average molecular weight is 102 g/mol. The number of halogens is 1. The molecule has 1 N–H and O–H groups in total. The molecular weight excluding hydrogens is 95.1 g/mol. The molecule has 0 fully saturated rings. The van der Waals surface area contributed by atoms with Crippen molar-refractivity contribution in [1.82, 2.24) is 5.32 Å². The Balaban J connectivity index is 3.37. The Labute approximate surface area is 41.8 Å². The van der Waals surface area contributed by atoms with Gasteiger partial charge in [0.15, 0.2) is 6.47 Å². The van der Waals surface area contributed by atoms with Crippen LogP contribution in [0.4, 0.5) is 4.39 Å². The van der Waals surface area contributed by atoms with E-state index in [2.05, 4.69) is 16.9 Å². The second-order valence-corrected chi connectivity index (χ2v) is 0.923. The highest BCUT2D eigenvalue weighted by Gasteiger charge is 1.74. The zero-order valence-electron chi connectivity index (χ0n) is 4.11. The molecule has 0 atom stereocenters. The first kappa shape index (κ1) is 6.14. The van der Waals surface area contributed by atoms with E-state index in [1.165, 1.54) is 0 Å². The Morgan fingerprint density at radius 2 is 2.57 bits per heavy atom. The molecule has 0 radical (unpaired) electrons. The fourth-order valence-corrected chi connectivity index (χ4v) is 0.123. The molecule has 0 aliphatic carbocycles. The van der Waals surface area contributed by atoms with Gasteiger partial charge in [0.05, 0.1) is 0 Å². The summed E-state index contributed by atoms with van der Waals surface area (Å²) >= 11 is 0. The standard InChI is InChI=1S/C4H7FN2/c1-4(6-2)7-3-5/h3,6H,1H2,2H3/b7-3+. The lowest BCUT2D eigenvalue weighted by atomic mass is 10.8. The normalized spacial score (nSPS) is 9.43. The quantitative estimate of drug-likeness (QED) is 0.509. The third-order valence-electron chi connectivity index (χ3n) is 0.493. The van der Waals surface area contributed by atoms with E-state index in [-0.39, 0.29) is 6.47 Å². The summed E-state index contributed by atoms with van der Waals surface area (Å²) in [6.07, 6.45) is 0. The molecule has 0 saturated heterocycles. The monoisotopic (exact) mass is 102 g/mol. The molecule has 0 spiro atoms. The number of nitrogens with one attached hydrogen (secondary N) is 1. The maximum absolute atomic E-state index is 11.0. The first-order valence-corrected chi connectivity index (χ1v) is 1.80. The molecule has 0 rings (SSSR count). The van der Waals surface area contributed by atoms with E-state index in [1.807, 2.05) is 0 Å². The molecule has 0 aromatic heterocycles. The van der Waals surface area contributed by atoms with Gasteiger partial charge in [0.1, 0.15) is 5.82 Å². The fraction of sp³-hybridized carbons (Fsp3) is 0.250. The summed E-state index contributed by atoms with van der Waals surface area (Å²) < 4.78 is 11.0. The van der Waals surface area contributed by atoms with Crippen molar-refractivity contribution in [2.45, 2.75) is 0 Å². The van der Waals surface area contributed by atoms with Crippen molar-refractivity contribution >= 4 is 6.47 Å². The van der Waals surface area contributed by atoms with Crippen LogP contribution in [-0.2, 0) is 0 Å². The molecule has 0 aliphatic heterocycles. The number of nitrogens with zero attached hydrogens (tertiary/aromatic N) is 1. The minimum atomic E-state index is 0.193. The molecule has 0 unspecified atom stereocenters. The number of aliphatic imine (C=N–C) groups is 1. The van der Waals surface area contributed by atoms with Gasteiger partial charge in [-0.3, -0.25) is 0 Å². The molecule has 0 bridgehead atoms. The average Bonchev–Trinajstić information content (AvgIpc) is 1.68. The van der Waals surface area contributed by atoms with Gasteiger partial charge in [0.2, 0.25) is 0 Å². The number of rotatable bonds is 2. The van der Waals surface area contributed by atoms with Gasteiger partial charge in [-0.2, -0.15) is 4.39 Å². The second-order valence-electron chi connectivity index (χ2n) is 0.923. The fourth-order valence-electron chi connectivity index (χ4n) is 0.123. The number of hydrogen-bond donors (Lipinski definition) is 1. The van der Waals surface area contributed by atoms with Gasteiger partial charge in [0, 0.05) is 7.05 Å². The molecule has 0 aromatic carbocycles. The zero-order valence-corrected chi connectivity index (χ0v) is 4.11. The topological polar surface area (TPSA) is 24.4 Å². The van der Waals surface area contributed by atoms with Crippen molar-refractivity contribution < 1.29 is 4.39 Å². The summed E-state index contributed by atoms with van der Waals surface area (Å²) in [4.78, 5) is 3.15. The van der Waals surface area contributed by atoms with Crippen molar-refractivity contribution in [2.24, 2.45) is 4.99 Å². The van der Waals surface area contributed by atoms with Crippen LogP contribution in [0.15, 0.2) is 17.4 Å². The minimum Gasteiger partial charge on any atom is -0.374 e. The van der Waals surface area contributed by atoms with Gasteiger partial charge < -0.3 is 5.32 Å². The van der Waals surface area contributed by atoms with Gasteiger partial charge >= 0.3 is 0 Å². The van der Waals surface area contributed by atoms with Crippen LogP contribution in [0, 0.1) is 0 Å². The molecule has 0 saturated carbocycles. The molecule has 0 aliphatic rings. The highest BCUT2D eigenvalue weighted by Crippen LogP contribution is 1.79. The van der Waals surface area contributed by atoms with Crippen LogP contribution >= 0.6 is 0 Å². The molecule has 0 amide bonds. The highest BCUT2D eigenvalue weighted by molar-refractivity contribution is 5.46. The van der Waals surface area contributed by atoms with E-state index in [0.29, 0.717) is 5.82 Å². The lowest BCUT2D eigenvalue weighted by Crippen LogP contribution is -2.00. The highest BCUT2D eigenvalue weighted by atomic mass is 19.1. The molecule has 7 heavy (non-hydrogen) atoms. The van der Waals surface area contributed by atoms with Crippen molar-refractivity contribution in [1.29, 1.82) is 0 Å². The molecule has 40 valence electrons. The predicted octanol–water partition coefficient (Wildman–Crippen LogP) is 0.675. The summed E-state index contributed by atoms with van der Waals surface area (Å²) in [6, 6.07) is 0. The van der Waals surface area contributed by atoms with Crippen LogP contribution in [0.2, 0.25) is 0 Å². The molecule has 2 nitrogen and oxygen atoms in total. The van der Waals surface area contributed by atoms with Gasteiger partial charge in [-0.15, -0.1) is 0 Å². The van der Waals surface area contributed by atoms with E-state index in [9.17, 15) is 4.39 Å². The van der Waals surface area contributed by atoms with Crippen LogP contribution in [0.25, 0.3) is 0 Å². The van der Waals surface area contributed by atoms with Crippen LogP contribution in [0.3, 0.4) is 0 Å². The molecular formula is C4H7FN2. The van der Waals surface area contributed by atoms with Crippen LogP contribution in [0.5, 0.6) is 0 Å². The first-order valence-electron chi connectivity index (χ1n) is 1.80. The molecule has 3 heteroatoms. The van der Waals surface area contributed by atoms with Gasteiger partial charge in [-0.05, 0) is 0 Å². The van der Waals surface area contributed by atoms with Crippen LogP contribution in [0.1, 0.15) is 0 Å². The van der Waals surface area contributed by atoms with E-state index in [0.717, 1.165) is 0 Å². The van der Waals surface area contributed by atoms with Crippen molar-refractivity contribution in [3.63, 3.8) is 0 Å². The predicted molar refractivity (Wildman–Crippen MR) is 27.8 cm³/mol. The lowest BCUT2D eigenvalue weighted by Gasteiger charge is -1.90. The van der Waals surface area contributed by atoms with Crippen LogP contribution < -0.4 is 5.32 Å². The summed E-state index contributed by atoms with van der Waals surface area (Å²) in [7, 11) is 1.62. The Morgan fingerprint density at radius 1 is 2.00 bits per heavy atom. The summed E-state index contributed by atoms with van der Waals surface area (Å²) in [5.41, 5.74) is 0.